The summed E-state index contributed by atoms with van der Waals surface area (Å²) in [6.45, 7) is 3.73. The monoisotopic (exact) mass is 532 g/mol. The molecule has 1 fully saturated rings. The number of rotatable bonds is 8. The Morgan fingerprint density at radius 3 is 2.67 bits per heavy atom. The fourth-order valence-electron chi connectivity index (χ4n) is 6.03. The van der Waals surface area contributed by atoms with Gasteiger partial charge < -0.3 is 14.8 Å². The number of likely N-dealkylation sites (tertiary alicyclic amines) is 1. The molecule has 0 saturated carbocycles. The number of nitrogens with zero attached hydrogens (tertiary/aromatic N) is 1. The van der Waals surface area contributed by atoms with Crippen molar-refractivity contribution in [1.82, 2.24) is 4.90 Å². The van der Waals surface area contributed by atoms with E-state index in [1.54, 1.807) is 6.07 Å². The van der Waals surface area contributed by atoms with E-state index in [4.69, 9.17) is 9.47 Å². The number of halogens is 2. The van der Waals surface area contributed by atoms with Crippen LogP contribution in [0.5, 0.6) is 17.2 Å². The highest BCUT2D eigenvalue weighted by Gasteiger charge is 2.25. The van der Waals surface area contributed by atoms with Crippen LogP contribution in [0.3, 0.4) is 0 Å². The molecular weight excluding hydrogens is 498 g/mol. The van der Waals surface area contributed by atoms with Gasteiger partial charge in [-0.1, -0.05) is 24.3 Å². The molecule has 0 aromatic heterocycles. The number of ether oxygens (including phenoxy) is 2. The van der Waals surface area contributed by atoms with Crippen LogP contribution in [0.2, 0.25) is 0 Å². The number of benzene rings is 3. The standard InChI is InChI=1S/C32H34F2N2O3/c33-14-2-16-36-17-13-27(21-36)38-25-8-5-22(6-9-25)32-28(24-7-12-31-30(20-24)35-15-18-37-31)4-1-3-23-19-26(39-34)10-11-29(23)32/h5-12,19-20,27,35H,1-4,13-18,21H2/t27-/m0/s1. The molecule has 3 aromatic carbocycles. The van der Waals surface area contributed by atoms with Crippen molar-refractivity contribution in [2.45, 2.75) is 38.2 Å². The summed E-state index contributed by atoms with van der Waals surface area (Å²) < 4.78 is 37.7. The fraction of sp³-hybridized carbons (Fsp3) is 0.375. The van der Waals surface area contributed by atoms with Crippen molar-refractivity contribution >= 4 is 16.8 Å². The molecule has 0 unspecified atom stereocenters. The summed E-state index contributed by atoms with van der Waals surface area (Å²) in [6, 6.07) is 20.2. The SMILES string of the molecule is FCCCN1CC[C@H](Oc2ccc(C3=C(c4ccc5c(c4)NCCO5)CCCc4cc(OF)ccc43)cc2)C1. The van der Waals surface area contributed by atoms with E-state index in [-0.39, 0.29) is 18.5 Å². The zero-order valence-corrected chi connectivity index (χ0v) is 22.1. The third-order valence-corrected chi connectivity index (χ3v) is 7.90. The van der Waals surface area contributed by atoms with Crippen molar-refractivity contribution in [1.29, 1.82) is 0 Å². The molecular formula is C32H34F2N2O3. The van der Waals surface area contributed by atoms with Gasteiger partial charge >= 0.3 is 0 Å². The van der Waals surface area contributed by atoms with Gasteiger partial charge in [-0.2, -0.15) is 0 Å². The third-order valence-electron chi connectivity index (χ3n) is 7.90. The fourth-order valence-corrected chi connectivity index (χ4v) is 6.03. The molecule has 1 atom stereocenters. The second-order valence-electron chi connectivity index (χ2n) is 10.5. The minimum atomic E-state index is -0.275. The second kappa shape index (κ2) is 11.7. The van der Waals surface area contributed by atoms with Crippen molar-refractivity contribution in [2.24, 2.45) is 0 Å². The number of hydrogen-bond acceptors (Lipinski definition) is 5. The molecule has 6 rings (SSSR count). The highest BCUT2D eigenvalue weighted by atomic mass is 19.3. The summed E-state index contributed by atoms with van der Waals surface area (Å²) in [5, 5.41) is 3.46. The van der Waals surface area contributed by atoms with Crippen molar-refractivity contribution in [3.63, 3.8) is 0 Å². The molecule has 0 bridgehead atoms. The Morgan fingerprint density at radius 2 is 1.82 bits per heavy atom. The summed E-state index contributed by atoms with van der Waals surface area (Å²) in [5.74, 6) is 1.94. The van der Waals surface area contributed by atoms with Crippen LogP contribution >= 0.6 is 0 Å². The normalized spacial score (nSPS) is 19.0. The number of hydrogen-bond donors (Lipinski definition) is 1. The van der Waals surface area contributed by atoms with Gasteiger partial charge in [0.2, 0.25) is 0 Å². The Morgan fingerprint density at radius 1 is 0.974 bits per heavy atom. The van der Waals surface area contributed by atoms with E-state index >= 15 is 0 Å². The van der Waals surface area contributed by atoms with Crippen LogP contribution in [0, 0.1) is 0 Å². The molecule has 3 aromatic rings. The Hall–Kier alpha value is -3.58. The van der Waals surface area contributed by atoms with Gasteiger partial charge in [-0.05, 0) is 102 Å². The van der Waals surface area contributed by atoms with Crippen molar-refractivity contribution in [3.8, 4) is 17.2 Å². The first kappa shape index (κ1) is 25.7. The van der Waals surface area contributed by atoms with E-state index in [1.807, 2.05) is 30.3 Å². The van der Waals surface area contributed by atoms with E-state index < -0.39 is 0 Å². The maximum Gasteiger partial charge on any atom is 0.172 e. The molecule has 39 heavy (non-hydrogen) atoms. The maximum absolute atomic E-state index is 13.1. The molecule has 2 heterocycles. The van der Waals surface area contributed by atoms with Crippen LogP contribution in [-0.2, 0) is 6.42 Å². The van der Waals surface area contributed by atoms with Gasteiger partial charge in [0.1, 0.15) is 24.2 Å². The second-order valence-corrected chi connectivity index (χ2v) is 10.5. The van der Waals surface area contributed by atoms with Crippen LogP contribution in [0.15, 0.2) is 60.7 Å². The van der Waals surface area contributed by atoms with E-state index in [0.29, 0.717) is 13.0 Å². The van der Waals surface area contributed by atoms with Crippen molar-refractivity contribution in [2.75, 3.05) is 44.8 Å². The first-order chi connectivity index (χ1) is 19.2. The largest absolute Gasteiger partial charge is 0.490 e. The molecule has 0 amide bonds. The molecule has 1 N–H and O–H groups in total. The molecule has 0 radical (unpaired) electrons. The Bertz CT molecular complexity index is 1340. The molecule has 7 heteroatoms. The molecule has 3 aliphatic rings. The average molecular weight is 533 g/mol. The quantitative estimate of drug-likeness (QED) is 0.343. The summed E-state index contributed by atoms with van der Waals surface area (Å²) in [4.78, 5) is 6.34. The number of nitrogens with one attached hydrogen (secondary N) is 1. The molecule has 5 nitrogen and oxygen atoms in total. The van der Waals surface area contributed by atoms with Crippen LogP contribution in [0.4, 0.5) is 14.6 Å². The highest BCUT2D eigenvalue weighted by Crippen LogP contribution is 2.43. The van der Waals surface area contributed by atoms with Crippen LogP contribution in [0.25, 0.3) is 11.1 Å². The first-order valence-corrected chi connectivity index (χ1v) is 13.9. The molecule has 204 valence electrons. The Balaban J connectivity index is 1.34. The minimum Gasteiger partial charge on any atom is -0.490 e. The Labute approximate surface area is 228 Å². The first-order valence-electron chi connectivity index (χ1n) is 13.9. The summed E-state index contributed by atoms with van der Waals surface area (Å²) in [6.07, 6.45) is 4.33. The lowest BCUT2D eigenvalue weighted by Gasteiger charge is -2.22. The van der Waals surface area contributed by atoms with Crippen molar-refractivity contribution in [3.05, 3.63) is 82.9 Å². The lowest BCUT2D eigenvalue weighted by Crippen LogP contribution is -2.26. The lowest BCUT2D eigenvalue weighted by atomic mass is 9.87. The van der Waals surface area contributed by atoms with E-state index in [2.05, 4.69) is 39.4 Å². The van der Waals surface area contributed by atoms with Crippen LogP contribution < -0.4 is 19.7 Å². The van der Waals surface area contributed by atoms with E-state index in [9.17, 15) is 8.92 Å². The van der Waals surface area contributed by atoms with Gasteiger partial charge in [-0.3, -0.25) is 14.2 Å². The Kier molecular flexibility index (Phi) is 7.68. The lowest BCUT2D eigenvalue weighted by molar-refractivity contribution is -0.00629. The van der Waals surface area contributed by atoms with E-state index in [0.717, 1.165) is 96.9 Å². The van der Waals surface area contributed by atoms with Crippen LogP contribution in [0.1, 0.15) is 47.9 Å². The number of allylic oxidation sites excluding steroid dienone is 1. The van der Waals surface area contributed by atoms with Gasteiger partial charge in [0.05, 0.1) is 12.4 Å². The van der Waals surface area contributed by atoms with Gasteiger partial charge in [-0.25, -0.2) is 0 Å². The zero-order chi connectivity index (χ0) is 26.6. The van der Waals surface area contributed by atoms with Gasteiger partial charge in [0.25, 0.3) is 0 Å². The number of aryl methyl sites for hydroxylation is 1. The van der Waals surface area contributed by atoms with Gasteiger partial charge in [0.15, 0.2) is 5.75 Å². The molecule has 1 aliphatic carbocycles. The van der Waals surface area contributed by atoms with Gasteiger partial charge in [0, 0.05) is 30.7 Å². The smallest absolute Gasteiger partial charge is 0.172 e. The van der Waals surface area contributed by atoms with Crippen LogP contribution in [-0.4, -0.2) is 50.5 Å². The van der Waals surface area contributed by atoms with E-state index in [1.165, 1.54) is 5.57 Å². The topological polar surface area (TPSA) is 43.0 Å². The number of fused-ring (bicyclic) bond motifs is 2. The highest BCUT2D eigenvalue weighted by molar-refractivity contribution is 6.00. The summed E-state index contributed by atoms with van der Waals surface area (Å²) in [7, 11) is 0. The number of anilines is 1. The third kappa shape index (κ3) is 5.59. The minimum absolute atomic E-state index is 0.119. The predicted octanol–water partition coefficient (Wildman–Crippen LogP) is 6.86. The maximum atomic E-state index is 13.1. The van der Waals surface area contributed by atoms with Gasteiger partial charge in [-0.15, -0.1) is 0 Å². The number of alkyl halides is 1. The zero-order valence-electron chi connectivity index (χ0n) is 22.1. The summed E-state index contributed by atoms with van der Waals surface area (Å²) >= 11 is 0. The predicted molar refractivity (Wildman–Crippen MR) is 150 cm³/mol. The molecule has 2 aliphatic heterocycles. The van der Waals surface area contributed by atoms with Crippen molar-refractivity contribution < 1.29 is 23.3 Å². The molecule has 0 spiro atoms. The molecule has 1 saturated heterocycles. The average Bonchev–Trinajstić information content (AvgIpc) is 3.34. The summed E-state index contributed by atoms with van der Waals surface area (Å²) in [5.41, 5.74) is 7.83.